The topological polar surface area (TPSA) is 107 Å². The van der Waals surface area contributed by atoms with E-state index >= 15 is 0 Å². The Labute approximate surface area is 178 Å². The monoisotopic (exact) mass is 420 g/mol. The number of aryl methyl sites for hydroxylation is 1. The Bertz CT molecular complexity index is 1210. The highest BCUT2D eigenvalue weighted by Gasteiger charge is 2.18. The molecule has 0 aliphatic rings. The quantitative estimate of drug-likeness (QED) is 0.509. The van der Waals surface area contributed by atoms with Gasteiger partial charge in [0, 0.05) is 37.5 Å². The van der Waals surface area contributed by atoms with Crippen LogP contribution < -0.4 is 16.2 Å². The zero-order chi connectivity index (χ0) is 22.4. The fourth-order valence-electron chi connectivity index (χ4n) is 3.22. The third-order valence-corrected chi connectivity index (χ3v) is 4.69. The van der Waals surface area contributed by atoms with E-state index in [2.05, 4.69) is 10.6 Å². The van der Waals surface area contributed by atoms with Gasteiger partial charge in [0.25, 0.3) is 11.5 Å². The van der Waals surface area contributed by atoms with Crippen molar-refractivity contribution in [3.63, 3.8) is 0 Å². The number of hydrogen-bond acceptors (Lipinski definition) is 5. The molecule has 3 rings (SSSR count). The number of hydrogen-bond donors (Lipinski definition) is 3. The van der Waals surface area contributed by atoms with Crippen LogP contribution in [0.3, 0.4) is 0 Å². The number of carbonyl (C=O) groups excluding carboxylic acids is 1. The average molecular weight is 420 g/mol. The first-order valence-corrected chi connectivity index (χ1v) is 9.56. The van der Waals surface area contributed by atoms with Crippen molar-refractivity contribution in [1.82, 2.24) is 9.88 Å². The Balaban J connectivity index is 1.96. The van der Waals surface area contributed by atoms with Gasteiger partial charge in [-0.15, -0.1) is 0 Å². The van der Waals surface area contributed by atoms with Gasteiger partial charge in [-0.25, -0.2) is 4.39 Å². The van der Waals surface area contributed by atoms with E-state index in [9.17, 15) is 19.2 Å². The number of nitriles is 1. The number of nitrogens with zero attached hydrogens (tertiary/aromatic N) is 2. The van der Waals surface area contributed by atoms with Crippen LogP contribution in [0, 0.1) is 17.1 Å². The van der Waals surface area contributed by atoms with Crippen LogP contribution in [0.5, 0.6) is 0 Å². The number of anilines is 1. The first kappa shape index (κ1) is 21.9. The van der Waals surface area contributed by atoms with Crippen molar-refractivity contribution in [3.05, 3.63) is 87.6 Å². The summed E-state index contributed by atoms with van der Waals surface area (Å²) < 4.78 is 15.6. The smallest absolute Gasteiger partial charge is 0.263 e. The molecule has 1 aromatic heterocycles. The fraction of sp³-hybridized carbons (Fsp3) is 0.174. The Morgan fingerprint density at radius 3 is 2.65 bits per heavy atom. The van der Waals surface area contributed by atoms with Crippen molar-refractivity contribution >= 4 is 11.6 Å². The maximum absolute atomic E-state index is 14.3. The summed E-state index contributed by atoms with van der Waals surface area (Å²) in [5, 5.41) is 24.2. The molecule has 0 aliphatic carbocycles. The predicted octanol–water partition coefficient (Wildman–Crippen LogP) is 2.40. The molecular formula is C23H21FN4O3. The third-order valence-electron chi connectivity index (χ3n) is 4.69. The molecule has 0 aliphatic heterocycles. The molecule has 0 radical (unpaired) electrons. The summed E-state index contributed by atoms with van der Waals surface area (Å²) in [4.78, 5) is 25.4. The first-order valence-electron chi connectivity index (χ1n) is 9.56. The minimum Gasteiger partial charge on any atom is -0.395 e. The van der Waals surface area contributed by atoms with E-state index in [1.807, 2.05) is 6.07 Å². The van der Waals surface area contributed by atoms with Crippen molar-refractivity contribution in [2.45, 2.75) is 6.54 Å². The normalized spacial score (nSPS) is 10.5. The Morgan fingerprint density at radius 1 is 1.19 bits per heavy atom. The average Bonchev–Trinajstić information content (AvgIpc) is 2.76. The van der Waals surface area contributed by atoms with Crippen LogP contribution >= 0.6 is 0 Å². The van der Waals surface area contributed by atoms with Gasteiger partial charge in [0.15, 0.2) is 0 Å². The molecule has 31 heavy (non-hydrogen) atoms. The second-order valence-electron chi connectivity index (χ2n) is 6.85. The molecule has 7 nitrogen and oxygen atoms in total. The second-order valence-corrected chi connectivity index (χ2v) is 6.85. The van der Waals surface area contributed by atoms with E-state index in [1.165, 1.54) is 29.8 Å². The van der Waals surface area contributed by atoms with Gasteiger partial charge < -0.3 is 20.3 Å². The van der Waals surface area contributed by atoms with E-state index < -0.39 is 17.3 Å². The highest BCUT2D eigenvalue weighted by atomic mass is 19.1. The van der Waals surface area contributed by atoms with Crippen molar-refractivity contribution in [3.8, 4) is 17.2 Å². The number of pyridine rings is 1. The number of aliphatic hydroxyl groups excluding tert-OH is 1. The lowest BCUT2D eigenvalue weighted by molar-refractivity contribution is 0.102. The van der Waals surface area contributed by atoms with Gasteiger partial charge in [-0.2, -0.15) is 5.26 Å². The molecule has 0 saturated carbocycles. The molecular weight excluding hydrogens is 399 g/mol. The zero-order valence-electron chi connectivity index (χ0n) is 16.9. The highest BCUT2D eigenvalue weighted by molar-refractivity contribution is 6.05. The summed E-state index contributed by atoms with van der Waals surface area (Å²) >= 11 is 0. The molecule has 0 fully saturated rings. The zero-order valence-corrected chi connectivity index (χ0v) is 16.9. The summed E-state index contributed by atoms with van der Waals surface area (Å²) in [6, 6.07) is 14.3. The summed E-state index contributed by atoms with van der Waals surface area (Å²) in [7, 11) is 1.54. The molecule has 1 amide bonds. The third kappa shape index (κ3) is 4.86. The van der Waals surface area contributed by atoms with Gasteiger partial charge in [0.1, 0.15) is 17.4 Å². The fourth-order valence-corrected chi connectivity index (χ4v) is 3.22. The van der Waals surface area contributed by atoms with Gasteiger partial charge in [0.05, 0.1) is 17.9 Å². The molecule has 3 N–H and O–H groups in total. The maximum Gasteiger partial charge on any atom is 0.263 e. The van der Waals surface area contributed by atoms with Crippen LogP contribution in [0.15, 0.2) is 59.5 Å². The lowest BCUT2D eigenvalue weighted by atomic mass is 9.98. The number of amides is 1. The molecule has 3 aromatic rings. The van der Waals surface area contributed by atoms with Crippen molar-refractivity contribution in [1.29, 1.82) is 5.26 Å². The van der Waals surface area contributed by atoms with E-state index in [1.54, 1.807) is 36.5 Å². The number of carbonyl (C=O) groups is 1. The van der Waals surface area contributed by atoms with Crippen LogP contribution in [-0.2, 0) is 13.6 Å². The predicted molar refractivity (Wildman–Crippen MR) is 115 cm³/mol. The number of benzene rings is 2. The molecule has 8 heteroatoms. The minimum atomic E-state index is -0.674. The molecule has 158 valence electrons. The lowest BCUT2D eigenvalue weighted by Gasteiger charge is -2.13. The molecule has 2 aromatic carbocycles. The summed E-state index contributed by atoms with van der Waals surface area (Å²) in [5.74, 6) is -1.16. The van der Waals surface area contributed by atoms with E-state index in [-0.39, 0.29) is 29.0 Å². The van der Waals surface area contributed by atoms with Crippen molar-refractivity contribution in [2.24, 2.45) is 7.05 Å². The van der Waals surface area contributed by atoms with E-state index in [4.69, 9.17) is 5.11 Å². The van der Waals surface area contributed by atoms with Gasteiger partial charge in [0.2, 0.25) is 0 Å². The van der Waals surface area contributed by atoms with Crippen molar-refractivity contribution in [2.75, 3.05) is 18.5 Å². The van der Waals surface area contributed by atoms with Crippen LogP contribution in [0.1, 0.15) is 21.5 Å². The Hall–Kier alpha value is -3.80. The Kier molecular flexibility index (Phi) is 6.92. The number of aliphatic hydroxyl groups is 1. The molecule has 0 bridgehead atoms. The largest absolute Gasteiger partial charge is 0.395 e. The number of nitrogens with one attached hydrogen (secondary N) is 2. The van der Waals surface area contributed by atoms with Crippen LogP contribution in [0.25, 0.3) is 11.1 Å². The lowest BCUT2D eigenvalue weighted by Crippen LogP contribution is -2.29. The van der Waals surface area contributed by atoms with E-state index in [0.717, 1.165) is 0 Å². The van der Waals surface area contributed by atoms with E-state index in [0.29, 0.717) is 24.2 Å². The number of aromatic nitrogens is 1. The first-order chi connectivity index (χ1) is 15.0. The highest BCUT2D eigenvalue weighted by Crippen LogP contribution is 2.30. The SMILES string of the molecule is Cn1cc(CNCCO)cc(C(=O)Nc2cccc(-c3ccccc3F)c2C#N)c1=O. The molecule has 0 unspecified atom stereocenters. The summed E-state index contributed by atoms with van der Waals surface area (Å²) in [6.07, 6.45) is 1.60. The summed E-state index contributed by atoms with van der Waals surface area (Å²) in [6.45, 7) is 0.703. The molecule has 0 saturated heterocycles. The maximum atomic E-state index is 14.3. The van der Waals surface area contributed by atoms with Crippen LogP contribution in [0.2, 0.25) is 0 Å². The van der Waals surface area contributed by atoms with Gasteiger partial charge in [-0.3, -0.25) is 9.59 Å². The molecule has 0 atom stereocenters. The Morgan fingerprint density at radius 2 is 1.94 bits per heavy atom. The molecule has 0 spiro atoms. The van der Waals surface area contributed by atoms with Gasteiger partial charge in [-0.05, 0) is 23.8 Å². The van der Waals surface area contributed by atoms with Crippen molar-refractivity contribution < 1.29 is 14.3 Å². The minimum absolute atomic E-state index is 0.0333. The van der Waals surface area contributed by atoms with Gasteiger partial charge in [-0.1, -0.05) is 30.3 Å². The second kappa shape index (κ2) is 9.80. The molecule has 1 heterocycles. The summed E-state index contributed by atoms with van der Waals surface area (Å²) in [5.41, 5.74) is 0.952. The van der Waals surface area contributed by atoms with Gasteiger partial charge >= 0.3 is 0 Å². The standard InChI is InChI=1S/C23H21FN4O3/c1-28-14-15(13-26-9-10-29)11-18(23(28)31)22(30)27-21-8-4-6-16(19(21)12-25)17-5-2-3-7-20(17)24/h2-8,11,14,26,29H,9-10,13H2,1H3,(H,27,30). The van der Waals surface area contributed by atoms with Crippen LogP contribution in [0.4, 0.5) is 10.1 Å². The van der Waals surface area contributed by atoms with Crippen LogP contribution in [-0.4, -0.2) is 28.7 Å². The number of halogens is 1. The number of rotatable bonds is 7.